The fourth-order valence-electron chi connectivity index (χ4n) is 1.03. The molecular formula is C10H14ClNO2. The highest BCUT2D eigenvalue weighted by molar-refractivity contribution is 6.29. The topological polar surface area (TPSA) is 42.4 Å². The van der Waals surface area contributed by atoms with Crippen LogP contribution in [-0.2, 0) is 0 Å². The Bertz CT molecular complexity index is 251. The second-order valence-electron chi connectivity index (χ2n) is 2.95. The first-order chi connectivity index (χ1) is 6.83. The zero-order chi connectivity index (χ0) is 10.2. The molecule has 0 fully saturated rings. The Morgan fingerprint density at radius 3 is 2.79 bits per heavy atom. The number of aliphatic hydroxyl groups is 1. The molecule has 1 aromatic rings. The van der Waals surface area contributed by atoms with E-state index in [1.807, 2.05) is 0 Å². The number of nitrogens with zero attached hydrogens (tertiary/aromatic N) is 1. The highest BCUT2D eigenvalue weighted by Gasteiger charge is 1.94. The molecule has 0 spiro atoms. The number of ether oxygens (including phenoxy) is 1. The molecule has 14 heavy (non-hydrogen) atoms. The van der Waals surface area contributed by atoms with Gasteiger partial charge in [0.15, 0.2) is 0 Å². The fraction of sp³-hybridized carbons (Fsp3) is 0.500. The predicted molar refractivity (Wildman–Crippen MR) is 55.7 cm³/mol. The second-order valence-corrected chi connectivity index (χ2v) is 3.34. The third kappa shape index (κ3) is 4.44. The standard InChI is InChI=1S/C10H14ClNO2/c11-10-5-4-9(8-12-10)14-7-3-1-2-6-13/h4-5,8,13H,1-3,6-7H2. The molecule has 78 valence electrons. The van der Waals surface area contributed by atoms with Gasteiger partial charge in [0.25, 0.3) is 0 Å². The van der Waals surface area contributed by atoms with Crippen molar-refractivity contribution in [3.05, 3.63) is 23.5 Å². The molecule has 1 rings (SSSR count). The molecule has 1 heterocycles. The smallest absolute Gasteiger partial charge is 0.137 e. The summed E-state index contributed by atoms with van der Waals surface area (Å²) in [5.74, 6) is 0.735. The van der Waals surface area contributed by atoms with Gasteiger partial charge in [-0.1, -0.05) is 11.6 Å². The van der Waals surface area contributed by atoms with Crippen molar-refractivity contribution in [1.29, 1.82) is 0 Å². The minimum absolute atomic E-state index is 0.252. The van der Waals surface area contributed by atoms with Crippen LogP contribution in [0.1, 0.15) is 19.3 Å². The summed E-state index contributed by atoms with van der Waals surface area (Å²) in [6, 6.07) is 3.49. The first-order valence-corrected chi connectivity index (χ1v) is 5.06. The fourth-order valence-corrected chi connectivity index (χ4v) is 1.14. The van der Waals surface area contributed by atoms with Gasteiger partial charge in [0.2, 0.25) is 0 Å². The Hall–Kier alpha value is -0.800. The Labute approximate surface area is 88.7 Å². The molecule has 1 aromatic heterocycles. The van der Waals surface area contributed by atoms with E-state index in [1.54, 1.807) is 18.3 Å². The predicted octanol–water partition coefficient (Wildman–Crippen LogP) is 2.28. The van der Waals surface area contributed by atoms with Crippen LogP contribution in [0.5, 0.6) is 5.75 Å². The summed E-state index contributed by atoms with van der Waals surface area (Å²) in [6.45, 7) is 0.909. The van der Waals surface area contributed by atoms with Gasteiger partial charge in [0, 0.05) is 6.61 Å². The number of aromatic nitrogens is 1. The van der Waals surface area contributed by atoms with Gasteiger partial charge in [-0.15, -0.1) is 0 Å². The molecule has 0 aliphatic carbocycles. The first kappa shape index (κ1) is 11.3. The molecular weight excluding hydrogens is 202 g/mol. The Balaban J connectivity index is 2.15. The normalized spacial score (nSPS) is 10.1. The Morgan fingerprint density at radius 1 is 1.29 bits per heavy atom. The average molecular weight is 216 g/mol. The van der Waals surface area contributed by atoms with Crippen LogP contribution in [0, 0.1) is 0 Å². The van der Waals surface area contributed by atoms with Crippen molar-refractivity contribution in [3.63, 3.8) is 0 Å². The summed E-state index contributed by atoms with van der Waals surface area (Å²) in [5.41, 5.74) is 0. The summed E-state index contributed by atoms with van der Waals surface area (Å²) in [7, 11) is 0. The minimum Gasteiger partial charge on any atom is -0.492 e. The maximum Gasteiger partial charge on any atom is 0.137 e. The van der Waals surface area contributed by atoms with E-state index >= 15 is 0 Å². The van der Waals surface area contributed by atoms with Crippen LogP contribution in [0.15, 0.2) is 18.3 Å². The molecule has 0 bridgehead atoms. The summed E-state index contributed by atoms with van der Waals surface area (Å²) in [4.78, 5) is 3.89. The largest absolute Gasteiger partial charge is 0.492 e. The summed E-state index contributed by atoms with van der Waals surface area (Å²) >= 11 is 5.62. The van der Waals surface area contributed by atoms with Crippen molar-refractivity contribution < 1.29 is 9.84 Å². The van der Waals surface area contributed by atoms with Crippen molar-refractivity contribution in [2.75, 3.05) is 13.2 Å². The molecule has 0 aliphatic rings. The van der Waals surface area contributed by atoms with Crippen molar-refractivity contribution >= 4 is 11.6 Å². The van der Waals surface area contributed by atoms with Crippen molar-refractivity contribution in [1.82, 2.24) is 4.98 Å². The van der Waals surface area contributed by atoms with Crippen LogP contribution in [-0.4, -0.2) is 23.3 Å². The Kier molecular flexibility index (Phi) is 5.33. The summed E-state index contributed by atoms with van der Waals surface area (Å²) in [6.07, 6.45) is 4.37. The number of unbranched alkanes of at least 4 members (excludes halogenated alkanes) is 2. The maximum atomic E-state index is 8.55. The number of hydrogen-bond acceptors (Lipinski definition) is 3. The summed E-state index contributed by atoms with van der Waals surface area (Å²) < 4.78 is 5.40. The van der Waals surface area contributed by atoms with Gasteiger partial charge < -0.3 is 9.84 Å². The minimum atomic E-state index is 0.252. The summed E-state index contributed by atoms with van der Waals surface area (Å²) in [5, 5.41) is 9.02. The van der Waals surface area contributed by atoms with E-state index in [1.165, 1.54) is 0 Å². The average Bonchev–Trinajstić information content (AvgIpc) is 2.21. The quantitative estimate of drug-likeness (QED) is 0.585. The lowest BCUT2D eigenvalue weighted by molar-refractivity contribution is 0.266. The number of hydrogen-bond donors (Lipinski definition) is 1. The molecule has 0 unspecified atom stereocenters. The molecule has 1 N–H and O–H groups in total. The van der Waals surface area contributed by atoms with Crippen LogP contribution >= 0.6 is 11.6 Å². The first-order valence-electron chi connectivity index (χ1n) is 4.68. The number of pyridine rings is 1. The van der Waals surface area contributed by atoms with E-state index in [9.17, 15) is 0 Å². The highest BCUT2D eigenvalue weighted by atomic mass is 35.5. The molecule has 0 atom stereocenters. The monoisotopic (exact) mass is 215 g/mol. The second kappa shape index (κ2) is 6.62. The van der Waals surface area contributed by atoms with E-state index < -0.39 is 0 Å². The van der Waals surface area contributed by atoms with E-state index in [2.05, 4.69) is 4.98 Å². The van der Waals surface area contributed by atoms with E-state index in [4.69, 9.17) is 21.4 Å². The molecule has 4 heteroatoms. The van der Waals surface area contributed by atoms with Gasteiger partial charge in [0.1, 0.15) is 10.9 Å². The zero-order valence-electron chi connectivity index (χ0n) is 7.95. The molecule has 0 saturated heterocycles. The molecule has 3 nitrogen and oxygen atoms in total. The van der Waals surface area contributed by atoms with Gasteiger partial charge in [-0.2, -0.15) is 0 Å². The number of halogens is 1. The van der Waals surface area contributed by atoms with Gasteiger partial charge in [-0.25, -0.2) is 4.98 Å². The molecule has 0 aromatic carbocycles. The van der Waals surface area contributed by atoms with Crippen LogP contribution in [0.4, 0.5) is 0 Å². The molecule has 0 amide bonds. The SMILES string of the molecule is OCCCCCOc1ccc(Cl)nc1. The van der Waals surface area contributed by atoms with E-state index in [0.29, 0.717) is 11.8 Å². The lowest BCUT2D eigenvalue weighted by atomic mass is 10.2. The number of rotatable bonds is 6. The lowest BCUT2D eigenvalue weighted by Gasteiger charge is -2.04. The zero-order valence-corrected chi connectivity index (χ0v) is 8.70. The van der Waals surface area contributed by atoms with Crippen molar-refractivity contribution in [3.8, 4) is 5.75 Å². The lowest BCUT2D eigenvalue weighted by Crippen LogP contribution is -1.98. The van der Waals surface area contributed by atoms with E-state index in [0.717, 1.165) is 25.0 Å². The third-order valence-corrected chi connectivity index (χ3v) is 2.00. The maximum absolute atomic E-state index is 8.55. The third-order valence-electron chi connectivity index (χ3n) is 1.77. The van der Waals surface area contributed by atoms with Crippen molar-refractivity contribution in [2.45, 2.75) is 19.3 Å². The van der Waals surface area contributed by atoms with Gasteiger partial charge in [0.05, 0.1) is 12.8 Å². The van der Waals surface area contributed by atoms with Crippen LogP contribution in [0.2, 0.25) is 5.15 Å². The van der Waals surface area contributed by atoms with Gasteiger partial charge in [-0.05, 0) is 31.4 Å². The number of aliphatic hydroxyl groups excluding tert-OH is 1. The Morgan fingerprint density at radius 2 is 2.14 bits per heavy atom. The molecule has 0 aliphatic heterocycles. The highest BCUT2D eigenvalue weighted by Crippen LogP contribution is 2.12. The van der Waals surface area contributed by atoms with Crippen LogP contribution in [0.25, 0.3) is 0 Å². The van der Waals surface area contributed by atoms with E-state index in [-0.39, 0.29) is 6.61 Å². The van der Waals surface area contributed by atoms with Crippen LogP contribution < -0.4 is 4.74 Å². The van der Waals surface area contributed by atoms with Gasteiger partial charge >= 0.3 is 0 Å². The van der Waals surface area contributed by atoms with Crippen molar-refractivity contribution in [2.24, 2.45) is 0 Å². The van der Waals surface area contributed by atoms with Gasteiger partial charge in [-0.3, -0.25) is 0 Å². The molecule has 0 radical (unpaired) electrons. The molecule has 0 saturated carbocycles. The van der Waals surface area contributed by atoms with Crippen LogP contribution in [0.3, 0.4) is 0 Å².